The van der Waals surface area contributed by atoms with E-state index in [0.717, 1.165) is 11.1 Å². The summed E-state index contributed by atoms with van der Waals surface area (Å²) in [7, 11) is 0. The number of nitro benzene ring substituents is 1. The van der Waals surface area contributed by atoms with Crippen LogP contribution in [0.4, 0.5) is 10.1 Å². The fourth-order valence-corrected chi connectivity index (χ4v) is 2.17. The van der Waals surface area contributed by atoms with Gasteiger partial charge in [0.05, 0.1) is 11.5 Å². The van der Waals surface area contributed by atoms with Gasteiger partial charge in [0.25, 0.3) is 5.69 Å². The number of nitro groups is 1. The Labute approximate surface area is 145 Å². The van der Waals surface area contributed by atoms with Crippen LogP contribution in [0.25, 0.3) is 0 Å². The first-order valence-corrected chi connectivity index (χ1v) is 8.00. The third kappa shape index (κ3) is 5.56. The number of benzene rings is 2. The van der Waals surface area contributed by atoms with Gasteiger partial charge in [0.2, 0.25) is 0 Å². The van der Waals surface area contributed by atoms with Gasteiger partial charge in [-0.25, -0.2) is 9.38 Å². The van der Waals surface area contributed by atoms with Gasteiger partial charge < -0.3 is 10.6 Å². The minimum atomic E-state index is -0.427. The van der Waals surface area contributed by atoms with Crippen molar-refractivity contribution in [2.24, 2.45) is 4.99 Å². The highest BCUT2D eigenvalue weighted by Crippen LogP contribution is 2.12. The van der Waals surface area contributed by atoms with Gasteiger partial charge in [0.1, 0.15) is 5.82 Å². The summed E-state index contributed by atoms with van der Waals surface area (Å²) in [5.74, 6) is 0.360. The summed E-state index contributed by atoms with van der Waals surface area (Å²) in [5, 5.41) is 16.9. The van der Waals surface area contributed by atoms with Crippen molar-refractivity contribution in [3.8, 4) is 0 Å². The molecule has 0 aliphatic rings. The zero-order valence-electron chi connectivity index (χ0n) is 14.3. The SMILES string of the molecule is CCNC(=NCc1ccc(C)c(F)c1)NCc1ccc([N+](=O)[O-])cc1. The van der Waals surface area contributed by atoms with E-state index in [1.54, 1.807) is 25.1 Å². The van der Waals surface area contributed by atoms with E-state index in [0.29, 0.717) is 31.2 Å². The topological polar surface area (TPSA) is 79.6 Å². The Kier molecular flexibility index (Phi) is 6.45. The van der Waals surface area contributed by atoms with E-state index in [1.807, 2.05) is 13.0 Å². The molecule has 0 unspecified atom stereocenters. The van der Waals surface area contributed by atoms with Crippen LogP contribution in [-0.4, -0.2) is 17.4 Å². The summed E-state index contributed by atoms with van der Waals surface area (Å²) in [5.41, 5.74) is 2.36. The number of guanidine groups is 1. The predicted octanol–water partition coefficient (Wildman–Crippen LogP) is 3.30. The summed E-state index contributed by atoms with van der Waals surface area (Å²) in [6.07, 6.45) is 0. The van der Waals surface area contributed by atoms with E-state index in [2.05, 4.69) is 15.6 Å². The van der Waals surface area contributed by atoms with Crippen LogP contribution < -0.4 is 10.6 Å². The number of hydrogen-bond donors (Lipinski definition) is 2. The van der Waals surface area contributed by atoms with Gasteiger partial charge in [-0.2, -0.15) is 0 Å². The maximum absolute atomic E-state index is 13.6. The molecule has 0 amide bonds. The minimum absolute atomic E-state index is 0.0609. The molecule has 0 fully saturated rings. The number of halogens is 1. The van der Waals surface area contributed by atoms with Crippen LogP contribution in [0.1, 0.15) is 23.6 Å². The van der Waals surface area contributed by atoms with Gasteiger partial charge in [0, 0.05) is 25.2 Å². The number of aryl methyl sites for hydroxylation is 1. The lowest BCUT2D eigenvalue weighted by Gasteiger charge is -2.11. The highest BCUT2D eigenvalue weighted by Gasteiger charge is 2.05. The molecule has 0 saturated carbocycles. The van der Waals surface area contributed by atoms with Crippen LogP contribution in [0.3, 0.4) is 0 Å². The van der Waals surface area contributed by atoms with Crippen LogP contribution in [-0.2, 0) is 13.1 Å². The average molecular weight is 344 g/mol. The van der Waals surface area contributed by atoms with Crippen molar-refractivity contribution in [2.75, 3.05) is 6.54 Å². The second kappa shape index (κ2) is 8.77. The number of nitrogens with zero attached hydrogens (tertiary/aromatic N) is 2. The van der Waals surface area contributed by atoms with Crippen molar-refractivity contribution in [3.63, 3.8) is 0 Å². The summed E-state index contributed by atoms with van der Waals surface area (Å²) in [6.45, 7) is 5.19. The van der Waals surface area contributed by atoms with Crippen molar-refractivity contribution in [3.05, 3.63) is 75.1 Å². The van der Waals surface area contributed by atoms with Crippen molar-refractivity contribution in [1.82, 2.24) is 10.6 Å². The standard InChI is InChI=1S/C18H21FN4O2/c1-3-20-18(22-12-15-5-4-13(2)17(19)10-15)21-11-14-6-8-16(9-7-14)23(24)25/h4-10H,3,11-12H2,1-2H3,(H2,20,21,22). The van der Waals surface area contributed by atoms with E-state index in [9.17, 15) is 14.5 Å². The first kappa shape index (κ1) is 18.4. The molecule has 0 spiro atoms. The van der Waals surface area contributed by atoms with Crippen LogP contribution in [0.15, 0.2) is 47.5 Å². The normalized spacial score (nSPS) is 11.2. The molecule has 7 heteroatoms. The van der Waals surface area contributed by atoms with Gasteiger partial charge in [-0.3, -0.25) is 10.1 Å². The van der Waals surface area contributed by atoms with Crippen molar-refractivity contribution >= 4 is 11.6 Å². The number of rotatable bonds is 6. The fraction of sp³-hybridized carbons (Fsp3) is 0.278. The molecule has 0 atom stereocenters. The Hall–Kier alpha value is -2.96. The Bertz CT molecular complexity index is 760. The van der Waals surface area contributed by atoms with Crippen LogP contribution in [0.2, 0.25) is 0 Å². The number of non-ortho nitro benzene ring substituents is 1. The van der Waals surface area contributed by atoms with Crippen molar-refractivity contribution in [1.29, 1.82) is 0 Å². The molecule has 0 radical (unpaired) electrons. The molecule has 0 bridgehead atoms. The molecule has 0 aliphatic carbocycles. The first-order valence-electron chi connectivity index (χ1n) is 8.00. The number of hydrogen-bond acceptors (Lipinski definition) is 3. The quantitative estimate of drug-likeness (QED) is 0.365. The lowest BCUT2D eigenvalue weighted by Crippen LogP contribution is -2.36. The lowest BCUT2D eigenvalue weighted by atomic mass is 10.1. The third-order valence-electron chi connectivity index (χ3n) is 3.61. The summed E-state index contributed by atoms with van der Waals surface area (Å²) < 4.78 is 13.6. The van der Waals surface area contributed by atoms with Crippen LogP contribution in [0.5, 0.6) is 0 Å². The molecule has 0 saturated heterocycles. The maximum atomic E-state index is 13.6. The van der Waals surface area contributed by atoms with Gasteiger partial charge >= 0.3 is 0 Å². The maximum Gasteiger partial charge on any atom is 0.269 e. The zero-order chi connectivity index (χ0) is 18.2. The van der Waals surface area contributed by atoms with Crippen LogP contribution >= 0.6 is 0 Å². The van der Waals surface area contributed by atoms with E-state index in [1.165, 1.54) is 18.2 Å². The third-order valence-corrected chi connectivity index (χ3v) is 3.61. The molecular formula is C18H21FN4O2. The minimum Gasteiger partial charge on any atom is -0.357 e. The summed E-state index contributed by atoms with van der Waals surface area (Å²) >= 11 is 0. The Morgan fingerprint density at radius 2 is 1.84 bits per heavy atom. The number of nitrogens with one attached hydrogen (secondary N) is 2. The fourth-order valence-electron chi connectivity index (χ4n) is 2.17. The lowest BCUT2D eigenvalue weighted by molar-refractivity contribution is -0.384. The summed E-state index contributed by atoms with van der Waals surface area (Å²) in [4.78, 5) is 14.7. The second-order valence-corrected chi connectivity index (χ2v) is 5.56. The smallest absolute Gasteiger partial charge is 0.269 e. The highest BCUT2D eigenvalue weighted by atomic mass is 19.1. The molecule has 0 aromatic heterocycles. The van der Waals surface area contributed by atoms with Crippen LogP contribution in [0, 0.1) is 22.9 Å². The van der Waals surface area contributed by atoms with Gasteiger partial charge in [-0.05, 0) is 36.6 Å². The monoisotopic (exact) mass is 344 g/mol. The Morgan fingerprint density at radius 1 is 1.16 bits per heavy atom. The highest BCUT2D eigenvalue weighted by molar-refractivity contribution is 5.79. The molecule has 2 N–H and O–H groups in total. The van der Waals surface area contributed by atoms with E-state index >= 15 is 0 Å². The molecule has 25 heavy (non-hydrogen) atoms. The molecule has 2 aromatic rings. The Morgan fingerprint density at radius 3 is 2.44 bits per heavy atom. The average Bonchev–Trinajstić information content (AvgIpc) is 2.60. The van der Waals surface area contributed by atoms with E-state index in [4.69, 9.17) is 0 Å². The zero-order valence-corrected chi connectivity index (χ0v) is 14.3. The second-order valence-electron chi connectivity index (χ2n) is 5.56. The molecular weight excluding hydrogens is 323 g/mol. The molecule has 132 valence electrons. The van der Waals surface area contributed by atoms with E-state index < -0.39 is 4.92 Å². The van der Waals surface area contributed by atoms with E-state index in [-0.39, 0.29) is 11.5 Å². The molecule has 0 aliphatic heterocycles. The first-order chi connectivity index (χ1) is 12.0. The van der Waals surface area contributed by atoms with Gasteiger partial charge in [-0.15, -0.1) is 0 Å². The molecule has 0 heterocycles. The van der Waals surface area contributed by atoms with Crippen molar-refractivity contribution in [2.45, 2.75) is 26.9 Å². The van der Waals surface area contributed by atoms with Gasteiger partial charge in [0.15, 0.2) is 5.96 Å². The largest absolute Gasteiger partial charge is 0.357 e. The Balaban J connectivity index is 1.99. The van der Waals surface area contributed by atoms with Gasteiger partial charge in [-0.1, -0.05) is 24.3 Å². The summed E-state index contributed by atoms with van der Waals surface area (Å²) in [6, 6.07) is 11.4. The molecule has 2 rings (SSSR count). The van der Waals surface area contributed by atoms with Crippen molar-refractivity contribution < 1.29 is 9.31 Å². The molecule has 2 aromatic carbocycles. The number of aliphatic imine (C=N–C) groups is 1. The predicted molar refractivity (Wildman–Crippen MR) is 95.9 cm³/mol. The molecule has 6 nitrogen and oxygen atoms in total.